The summed E-state index contributed by atoms with van der Waals surface area (Å²) in [6.45, 7) is 33.8. The van der Waals surface area contributed by atoms with E-state index in [9.17, 15) is 13.2 Å². The van der Waals surface area contributed by atoms with Crippen LogP contribution in [0.3, 0.4) is 0 Å². The van der Waals surface area contributed by atoms with Gasteiger partial charge in [-0.15, -0.1) is 0 Å². The number of halogens is 3. The summed E-state index contributed by atoms with van der Waals surface area (Å²) in [5.74, 6) is 5.12. The van der Waals surface area contributed by atoms with Crippen molar-refractivity contribution < 1.29 is 60.2 Å². The van der Waals surface area contributed by atoms with Crippen molar-refractivity contribution in [2.45, 2.75) is 167 Å². The molecule has 2 saturated carbocycles. The zero-order valence-electron chi connectivity index (χ0n) is 43.0. The van der Waals surface area contributed by atoms with Gasteiger partial charge in [-0.05, 0) is 84.6 Å². The molecule has 1 heterocycles. The Balaban J connectivity index is -0.0000000573. The number of hydrogen-bond acceptors (Lipinski definition) is 8. The Morgan fingerprint density at radius 2 is 1.20 bits per heavy atom. The molecular formula is C48H104F3N5O3Y-2. The van der Waals surface area contributed by atoms with Gasteiger partial charge in [0, 0.05) is 60.5 Å². The maximum atomic E-state index is 9.67. The summed E-state index contributed by atoms with van der Waals surface area (Å²) < 4.78 is 38.2. The van der Waals surface area contributed by atoms with Crippen molar-refractivity contribution in [3.05, 3.63) is 62.0 Å². The first-order chi connectivity index (χ1) is 27.8. The van der Waals surface area contributed by atoms with Gasteiger partial charge in [-0.1, -0.05) is 162 Å². The third kappa shape index (κ3) is 124. The van der Waals surface area contributed by atoms with Crippen molar-refractivity contribution in [2.24, 2.45) is 41.1 Å². The van der Waals surface area contributed by atoms with Gasteiger partial charge in [-0.2, -0.15) is 18.2 Å². The number of nitrogens with zero attached hydrogens (tertiary/aromatic N) is 3. The Morgan fingerprint density at radius 1 is 0.833 bits per heavy atom. The van der Waals surface area contributed by atoms with Crippen molar-refractivity contribution in [3.63, 3.8) is 0 Å². The normalized spacial score (nSPS) is 13.9. The van der Waals surface area contributed by atoms with E-state index < -0.39 is 6.68 Å². The minimum atomic E-state index is -3.67. The fourth-order valence-electron chi connectivity index (χ4n) is 3.52. The van der Waals surface area contributed by atoms with Gasteiger partial charge in [0.25, 0.3) is 0 Å². The van der Waals surface area contributed by atoms with Crippen LogP contribution in [0.2, 0.25) is 0 Å². The standard InChI is InChI=1S/C7H14.C7H8.C5H13N.C5H10.C5H12.C5H10.C4H10O.C3H4N2O.C3H8.CHF3.2CH5N.CH4O.Y/c1-6-3-4-7(2)5-6;1-7-5-3-2-4-6-7;1-4-5-6(2)3;1-5-3-2-4-5;2*1-4-5(2)3;1-3-4-5-2;1-3-4-2-5-6-3;1-3-2;2-1(3)4;3*1-2;/h6-7H,3-5H2,1-2H3;2-6H,1H3;4-5H2,1-3H3;5H,2-4H2,1H3;5H,4H2,1-3H3;5H,1-2,4H2,3H3;3-4H2,1-2H3;2H,1H3;3H2,1-2H3;1H;2*2H2,1H3;2H,1H3;/q;;;;;-2;;;;;;;;. The van der Waals surface area contributed by atoms with Gasteiger partial charge in [0.05, 0.1) is 0 Å². The molecule has 3 atom stereocenters. The smallest absolute Gasteiger partial charge is 0.379 e. The summed E-state index contributed by atoms with van der Waals surface area (Å²) in [5, 5.41) is 10.3. The fourth-order valence-corrected chi connectivity index (χ4v) is 3.52. The molecule has 2 aliphatic carbocycles. The number of rotatable bonds is 6. The molecule has 1 aromatic carbocycles. The van der Waals surface area contributed by atoms with Gasteiger partial charge in [-0.25, -0.2) is 12.3 Å². The van der Waals surface area contributed by atoms with E-state index in [0.29, 0.717) is 11.8 Å². The van der Waals surface area contributed by atoms with Crippen LogP contribution in [-0.2, 0) is 37.4 Å². The minimum Gasteiger partial charge on any atom is -0.400 e. The predicted molar refractivity (Wildman–Crippen MR) is 257 cm³/mol. The number of ether oxygens (including phenoxy) is 1. The zero-order valence-corrected chi connectivity index (χ0v) is 45.8. The van der Waals surface area contributed by atoms with Gasteiger partial charge >= 0.3 is 6.68 Å². The number of benzene rings is 1. The summed E-state index contributed by atoms with van der Waals surface area (Å²) in [6, 6.07) is 10.3. The molecule has 0 amide bonds. The number of methoxy groups -OCH3 is 1. The van der Waals surface area contributed by atoms with Crippen LogP contribution < -0.4 is 11.5 Å². The molecule has 0 aliphatic heterocycles. The second-order valence-corrected chi connectivity index (χ2v) is 14.6. The maximum Gasteiger partial charge on any atom is 0.379 e. The SMILES string of the molecule is CC1CCC(C)C1.CC1CCC1.CCC.CCC(C)C.CCCN(C)C.CCCOC.CN.CN.CO.Cc1ccccc1.Cc1ncno1.FC(F)F.[CH2-]CC([CH2-])C.[Y]. The Morgan fingerprint density at radius 3 is 1.27 bits per heavy atom. The number of aliphatic hydroxyl groups excluding tert-OH is 1. The van der Waals surface area contributed by atoms with E-state index >= 15 is 0 Å². The summed E-state index contributed by atoms with van der Waals surface area (Å²) >= 11 is 0. The molecule has 4 rings (SSSR count). The summed E-state index contributed by atoms with van der Waals surface area (Å²) in [4.78, 5) is 5.82. The monoisotopic (exact) mass is 945 g/mol. The minimum absolute atomic E-state index is 0. The van der Waals surface area contributed by atoms with Crippen LogP contribution in [0.4, 0.5) is 13.2 Å². The molecule has 5 N–H and O–H groups in total. The number of aromatic nitrogens is 2. The van der Waals surface area contributed by atoms with E-state index in [2.05, 4.69) is 147 Å². The van der Waals surface area contributed by atoms with Crippen LogP contribution >= 0.6 is 0 Å². The molecule has 2 aromatic rings. The molecule has 1 radical (unpaired) electrons. The number of alkyl halides is 3. The Bertz CT molecular complexity index is 829. The second-order valence-electron chi connectivity index (χ2n) is 14.6. The Labute approximate surface area is 399 Å². The molecule has 0 saturated heterocycles. The molecule has 0 spiro atoms. The largest absolute Gasteiger partial charge is 0.400 e. The number of hydrogen-bond donors (Lipinski definition) is 3. The fraction of sp³-hybridized carbons (Fsp3) is 0.792. The van der Waals surface area contributed by atoms with Crippen molar-refractivity contribution in [3.8, 4) is 0 Å². The predicted octanol–water partition coefficient (Wildman–Crippen LogP) is 13.7. The molecule has 2 aliphatic rings. The van der Waals surface area contributed by atoms with Crippen molar-refractivity contribution in [2.75, 3.05) is 55.6 Å². The van der Waals surface area contributed by atoms with Crippen LogP contribution in [0.5, 0.6) is 0 Å². The van der Waals surface area contributed by atoms with E-state index in [1.54, 1.807) is 14.0 Å². The van der Waals surface area contributed by atoms with E-state index in [1.807, 2.05) is 25.1 Å². The molecule has 60 heavy (non-hydrogen) atoms. The first-order valence-electron chi connectivity index (χ1n) is 21.9. The van der Waals surface area contributed by atoms with Crippen LogP contribution in [0, 0.1) is 57.3 Å². The van der Waals surface area contributed by atoms with Gasteiger partial charge < -0.3 is 44.6 Å². The van der Waals surface area contributed by atoms with Gasteiger partial charge in [0.1, 0.15) is 0 Å². The maximum absolute atomic E-state index is 9.67. The molecule has 2 fully saturated rings. The molecule has 8 nitrogen and oxygen atoms in total. The third-order valence-electron chi connectivity index (χ3n) is 7.15. The first kappa shape index (κ1) is 82.7. The van der Waals surface area contributed by atoms with Crippen LogP contribution in [-0.4, -0.2) is 82.4 Å². The summed E-state index contributed by atoms with van der Waals surface area (Å²) in [7, 11) is 9.89. The molecule has 0 bridgehead atoms. The molecule has 1 aromatic heterocycles. The van der Waals surface area contributed by atoms with E-state index in [-0.39, 0.29) is 32.7 Å². The van der Waals surface area contributed by atoms with Crippen LogP contribution in [0.25, 0.3) is 0 Å². The summed E-state index contributed by atoms with van der Waals surface area (Å²) in [5.41, 5.74) is 10.3. The van der Waals surface area contributed by atoms with Crippen molar-refractivity contribution in [1.82, 2.24) is 15.0 Å². The van der Waals surface area contributed by atoms with Crippen LogP contribution in [0.1, 0.15) is 158 Å². The number of nitrogens with two attached hydrogens (primary N) is 2. The molecule has 3 unspecified atom stereocenters. The molecule has 12 heteroatoms. The van der Waals surface area contributed by atoms with E-state index in [1.165, 1.54) is 90.3 Å². The molecule has 365 valence electrons. The number of aryl methyl sites for hydroxylation is 2. The molecular weight excluding hydrogens is 840 g/mol. The Hall–Kier alpha value is -0.946. The van der Waals surface area contributed by atoms with E-state index in [0.717, 1.165) is 50.2 Å². The third-order valence-corrected chi connectivity index (χ3v) is 7.15. The Kier molecular flexibility index (Phi) is 108. The average Bonchev–Trinajstić information content (AvgIpc) is 3.84. The first-order valence-corrected chi connectivity index (χ1v) is 21.9. The number of aliphatic hydroxyl groups is 1. The van der Waals surface area contributed by atoms with Crippen molar-refractivity contribution >= 4 is 0 Å². The van der Waals surface area contributed by atoms with Crippen LogP contribution in [0.15, 0.2) is 41.2 Å². The van der Waals surface area contributed by atoms with Gasteiger partial charge in [0.15, 0.2) is 6.33 Å². The average molecular weight is 945 g/mol. The summed E-state index contributed by atoms with van der Waals surface area (Å²) in [6.07, 6.45) is 16.1. The zero-order chi connectivity index (χ0) is 48.5. The van der Waals surface area contributed by atoms with Crippen molar-refractivity contribution in [1.29, 1.82) is 0 Å². The topological polar surface area (TPSA) is 124 Å². The van der Waals surface area contributed by atoms with E-state index in [4.69, 9.17) is 9.84 Å². The quantitative estimate of drug-likeness (QED) is 0.245. The van der Waals surface area contributed by atoms with Gasteiger partial charge in [0.2, 0.25) is 5.89 Å². The second kappa shape index (κ2) is 78.5. The van der Waals surface area contributed by atoms with Gasteiger partial charge in [-0.3, -0.25) is 0 Å².